The second kappa shape index (κ2) is 8.02. The Balaban J connectivity index is 1.58. The molecule has 6 nitrogen and oxygen atoms in total. The van der Waals surface area contributed by atoms with Crippen LogP contribution in [0, 0.1) is 5.21 Å². The van der Waals surface area contributed by atoms with Crippen LogP contribution in [-0.4, -0.2) is 20.8 Å². The molecule has 31 heavy (non-hydrogen) atoms. The van der Waals surface area contributed by atoms with Gasteiger partial charge in [-0.05, 0) is 29.8 Å². The van der Waals surface area contributed by atoms with Crippen LogP contribution in [0.3, 0.4) is 0 Å². The van der Waals surface area contributed by atoms with Gasteiger partial charge in [-0.2, -0.15) is 5.10 Å². The normalized spacial score (nSPS) is 15.5. The van der Waals surface area contributed by atoms with Gasteiger partial charge >= 0.3 is 0 Å². The van der Waals surface area contributed by atoms with Gasteiger partial charge in [-0.15, -0.1) is 0 Å². The third kappa shape index (κ3) is 3.73. The largest absolute Gasteiger partial charge is 0.754 e. The minimum absolute atomic E-state index is 0.372. The van der Waals surface area contributed by atoms with Gasteiger partial charge in [-0.25, -0.2) is 0 Å². The van der Waals surface area contributed by atoms with Crippen molar-refractivity contribution in [3.05, 3.63) is 111 Å². The summed E-state index contributed by atoms with van der Waals surface area (Å²) in [7, 11) is 0. The molecule has 4 aromatic rings. The van der Waals surface area contributed by atoms with E-state index in [4.69, 9.17) is 5.10 Å². The molecular formula is C24H18BrN4O2-. The highest BCUT2D eigenvalue weighted by Gasteiger charge is 2.30. The quantitative estimate of drug-likeness (QED) is 0.429. The predicted molar refractivity (Wildman–Crippen MR) is 123 cm³/mol. The standard InChI is InChI=1S/C24H18BrN4O2/c25-18-12-10-16(11-13-18)14-28-15-20(22(27-28)17-6-2-1-3-7-17)23-26-21-9-5-4-8-19(21)24(30)29(23)31/h1-13,15,23,26H,14H2/q-1. The van der Waals surface area contributed by atoms with Gasteiger partial charge in [0.2, 0.25) is 5.91 Å². The number of rotatable bonds is 4. The van der Waals surface area contributed by atoms with Crippen molar-refractivity contribution in [1.29, 1.82) is 0 Å². The van der Waals surface area contributed by atoms with Crippen molar-refractivity contribution in [2.75, 3.05) is 5.32 Å². The van der Waals surface area contributed by atoms with Crippen LogP contribution in [0.15, 0.2) is 89.5 Å². The van der Waals surface area contributed by atoms with E-state index in [0.29, 0.717) is 34.1 Å². The van der Waals surface area contributed by atoms with Crippen LogP contribution in [0.2, 0.25) is 0 Å². The zero-order valence-electron chi connectivity index (χ0n) is 16.4. The number of carbonyl (C=O) groups is 1. The second-order valence-electron chi connectivity index (χ2n) is 7.35. The molecule has 1 aliphatic heterocycles. The van der Waals surface area contributed by atoms with Gasteiger partial charge in [0.1, 0.15) is 6.17 Å². The van der Waals surface area contributed by atoms with Crippen LogP contribution >= 0.6 is 15.9 Å². The van der Waals surface area contributed by atoms with Gasteiger partial charge < -0.3 is 15.6 Å². The Morgan fingerprint density at radius 1 is 0.968 bits per heavy atom. The Kier molecular flexibility index (Phi) is 5.05. The molecule has 0 spiro atoms. The molecule has 1 unspecified atom stereocenters. The first kappa shape index (κ1) is 19.5. The molecule has 0 fully saturated rings. The number of amides is 1. The van der Waals surface area contributed by atoms with E-state index < -0.39 is 12.1 Å². The van der Waals surface area contributed by atoms with E-state index in [1.807, 2.05) is 72.9 Å². The average Bonchev–Trinajstić information content (AvgIpc) is 3.22. The summed E-state index contributed by atoms with van der Waals surface area (Å²) in [6.07, 6.45) is 0.977. The maximum absolute atomic E-state index is 12.9. The number of aromatic nitrogens is 2. The number of nitrogens with one attached hydrogen (secondary N) is 1. The summed E-state index contributed by atoms with van der Waals surface area (Å²) in [5, 5.41) is 21.4. The van der Waals surface area contributed by atoms with Crippen molar-refractivity contribution < 1.29 is 4.79 Å². The number of para-hydroxylation sites is 1. The SMILES string of the molecule is O=C1c2ccccc2NC(c2cn(Cc3ccc(Br)cc3)nc2-c2ccccc2)N1[O-]. The van der Waals surface area contributed by atoms with Gasteiger partial charge in [-0.1, -0.05) is 70.5 Å². The molecule has 0 saturated carbocycles. The number of hydroxylamine groups is 2. The Morgan fingerprint density at radius 3 is 2.45 bits per heavy atom. The molecule has 7 heteroatoms. The van der Waals surface area contributed by atoms with Crippen molar-refractivity contribution in [3.63, 3.8) is 0 Å². The molecule has 1 amide bonds. The molecule has 5 rings (SSSR count). The molecule has 0 aliphatic carbocycles. The Labute approximate surface area is 187 Å². The molecule has 154 valence electrons. The number of benzene rings is 3. The number of anilines is 1. The van der Waals surface area contributed by atoms with E-state index in [-0.39, 0.29) is 0 Å². The highest BCUT2D eigenvalue weighted by atomic mass is 79.9. The maximum atomic E-state index is 12.9. The summed E-state index contributed by atoms with van der Waals surface area (Å²) < 4.78 is 2.81. The maximum Gasteiger partial charge on any atom is 0.247 e. The molecule has 2 heterocycles. The number of nitrogens with zero attached hydrogens (tertiary/aromatic N) is 3. The molecule has 1 aromatic heterocycles. The van der Waals surface area contributed by atoms with Gasteiger partial charge in [-0.3, -0.25) is 9.48 Å². The third-order valence-electron chi connectivity index (χ3n) is 5.27. The lowest BCUT2D eigenvalue weighted by atomic mass is 10.0. The van der Waals surface area contributed by atoms with Crippen molar-refractivity contribution in [2.45, 2.75) is 12.7 Å². The van der Waals surface area contributed by atoms with E-state index in [2.05, 4.69) is 21.2 Å². The topological polar surface area (TPSA) is 73.2 Å². The fraction of sp³-hybridized carbons (Fsp3) is 0.0833. The van der Waals surface area contributed by atoms with Crippen LogP contribution in [0.25, 0.3) is 11.3 Å². The summed E-state index contributed by atoms with van der Waals surface area (Å²) in [5.41, 5.74) is 4.30. The fourth-order valence-corrected chi connectivity index (χ4v) is 4.02. The molecule has 0 saturated heterocycles. The number of hydrogen-bond acceptors (Lipinski definition) is 4. The smallest absolute Gasteiger partial charge is 0.247 e. The minimum Gasteiger partial charge on any atom is -0.754 e. The van der Waals surface area contributed by atoms with Crippen molar-refractivity contribution in [3.8, 4) is 11.3 Å². The summed E-state index contributed by atoms with van der Waals surface area (Å²) in [5.74, 6) is -0.556. The van der Waals surface area contributed by atoms with E-state index in [1.165, 1.54) is 0 Å². The molecule has 0 radical (unpaired) electrons. The second-order valence-corrected chi connectivity index (χ2v) is 8.26. The Hall–Kier alpha value is -3.42. The van der Waals surface area contributed by atoms with E-state index in [1.54, 1.807) is 16.8 Å². The zero-order chi connectivity index (χ0) is 21.4. The van der Waals surface area contributed by atoms with Crippen LogP contribution in [0.5, 0.6) is 0 Å². The zero-order valence-corrected chi connectivity index (χ0v) is 18.0. The van der Waals surface area contributed by atoms with Crippen LogP contribution in [-0.2, 0) is 6.54 Å². The molecule has 0 bridgehead atoms. The molecule has 1 N–H and O–H groups in total. The van der Waals surface area contributed by atoms with E-state index in [9.17, 15) is 10.0 Å². The summed E-state index contributed by atoms with van der Waals surface area (Å²) in [4.78, 5) is 12.7. The lowest BCUT2D eigenvalue weighted by Crippen LogP contribution is -2.39. The summed E-state index contributed by atoms with van der Waals surface area (Å²) >= 11 is 3.45. The van der Waals surface area contributed by atoms with Gasteiger partial charge in [0.25, 0.3) is 0 Å². The first-order valence-electron chi connectivity index (χ1n) is 9.83. The van der Waals surface area contributed by atoms with Gasteiger partial charge in [0, 0.05) is 27.5 Å². The van der Waals surface area contributed by atoms with E-state index >= 15 is 0 Å². The summed E-state index contributed by atoms with van der Waals surface area (Å²) in [6.45, 7) is 0.545. The highest BCUT2D eigenvalue weighted by molar-refractivity contribution is 9.10. The van der Waals surface area contributed by atoms with Crippen LogP contribution in [0.1, 0.15) is 27.7 Å². The minimum atomic E-state index is -0.865. The first-order chi connectivity index (χ1) is 15.1. The van der Waals surface area contributed by atoms with Crippen molar-refractivity contribution in [1.82, 2.24) is 14.8 Å². The Bertz CT molecular complexity index is 1240. The van der Waals surface area contributed by atoms with Gasteiger partial charge in [0.15, 0.2) is 0 Å². The molecule has 3 aromatic carbocycles. The Morgan fingerprint density at radius 2 is 1.68 bits per heavy atom. The number of hydrogen-bond donors (Lipinski definition) is 1. The van der Waals surface area contributed by atoms with E-state index in [0.717, 1.165) is 15.6 Å². The highest BCUT2D eigenvalue weighted by Crippen LogP contribution is 2.36. The fourth-order valence-electron chi connectivity index (χ4n) is 3.76. The predicted octanol–water partition coefficient (Wildman–Crippen LogP) is 5.43. The third-order valence-corrected chi connectivity index (χ3v) is 5.80. The van der Waals surface area contributed by atoms with Crippen molar-refractivity contribution in [2.24, 2.45) is 0 Å². The monoisotopic (exact) mass is 473 g/mol. The summed E-state index contributed by atoms with van der Waals surface area (Å²) in [6, 6.07) is 24.7. The molecule has 1 aliphatic rings. The van der Waals surface area contributed by atoms with Crippen LogP contribution < -0.4 is 5.32 Å². The van der Waals surface area contributed by atoms with Gasteiger partial charge in [0.05, 0.1) is 17.8 Å². The lowest BCUT2D eigenvalue weighted by Gasteiger charge is -2.42. The number of fused-ring (bicyclic) bond motifs is 1. The lowest BCUT2D eigenvalue weighted by molar-refractivity contribution is 0.0771. The first-order valence-corrected chi connectivity index (χ1v) is 10.6. The molecular weight excluding hydrogens is 456 g/mol. The number of carbonyl (C=O) groups excluding carboxylic acids is 1. The van der Waals surface area contributed by atoms with Crippen molar-refractivity contribution >= 4 is 27.5 Å². The number of halogens is 1. The average molecular weight is 474 g/mol. The van der Waals surface area contributed by atoms with Crippen LogP contribution in [0.4, 0.5) is 5.69 Å². The molecule has 1 atom stereocenters.